The number of carbonyl (C=O) groups is 2. The summed E-state index contributed by atoms with van der Waals surface area (Å²) < 4.78 is 0. The van der Waals surface area contributed by atoms with Crippen molar-refractivity contribution in [3.63, 3.8) is 0 Å². The number of hydrogen-bond acceptors (Lipinski definition) is 3. The number of carbonyl (C=O) groups excluding carboxylic acids is 1. The van der Waals surface area contributed by atoms with Crippen LogP contribution in [0.2, 0.25) is 5.02 Å². The number of aliphatic carboxylic acids is 1. The first kappa shape index (κ1) is 18.0. The van der Waals surface area contributed by atoms with Gasteiger partial charge in [-0.05, 0) is 36.2 Å². The average Bonchev–Trinajstić information content (AvgIpc) is 2.99. The summed E-state index contributed by atoms with van der Waals surface area (Å²) >= 11 is 5.98. The summed E-state index contributed by atoms with van der Waals surface area (Å²) in [5.74, 6) is -1.49. The van der Waals surface area contributed by atoms with Gasteiger partial charge in [0.25, 0.3) is 5.91 Å². The molecule has 1 amide bonds. The minimum atomic E-state index is -1.55. The van der Waals surface area contributed by atoms with Crippen LogP contribution < -0.4 is 0 Å². The Balaban J connectivity index is 2.07. The van der Waals surface area contributed by atoms with Crippen LogP contribution in [0.5, 0.6) is 0 Å². The number of rotatable bonds is 5. The van der Waals surface area contributed by atoms with Crippen molar-refractivity contribution in [3.05, 3.63) is 82.6 Å². The lowest BCUT2D eigenvalue weighted by molar-refractivity contribution is -0.184. The van der Waals surface area contributed by atoms with E-state index >= 15 is 0 Å². The fourth-order valence-corrected chi connectivity index (χ4v) is 3.38. The number of carboxylic acid groups (broad SMARTS) is 1. The Kier molecular flexibility index (Phi) is 4.74. The highest BCUT2D eigenvalue weighted by Gasteiger charge is 2.53. The molecule has 1 aliphatic carbocycles. The summed E-state index contributed by atoms with van der Waals surface area (Å²) in [6, 6.07) is 13.7. The predicted molar refractivity (Wildman–Crippen MR) is 97.7 cm³/mol. The van der Waals surface area contributed by atoms with Gasteiger partial charge in [0.15, 0.2) is 5.54 Å². The number of nitrogens with zero attached hydrogens (tertiary/aromatic N) is 1. The summed E-state index contributed by atoms with van der Waals surface area (Å²) in [6.45, 7) is 5.23. The predicted octanol–water partition coefficient (Wildman–Crippen LogP) is 3.87. The van der Waals surface area contributed by atoms with Gasteiger partial charge >= 0.3 is 5.97 Å². The van der Waals surface area contributed by atoms with Crippen LogP contribution in [0.1, 0.15) is 28.4 Å². The Morgan fingerprint density at radius 3 is 2.27 bits per heavy atom. The Bertz CT molecular complexity index is 868. The summed E-state index contributed by atoms with van der Waals surface area (Å²) in [4.78, 5) is 31.0. The maximum Gasteiger partial charge on any atom is 0.334 e. The van der Waals surface area contributed by atoms with Crippen LogP contribution in [0.4, 0.5) is 0 Å². The van der Waals surface area contributed by atoms with E-state index in [1.807, 2.05) is 24.3 Å². The van der Waals surface area contributed by atoms with Crippen molar-refractivity contribution in [2.24, 2.45) is 0 Å². The van der Waals surface area contributed by atoms with Crippen LogP contribution in [0.3, 0.4) is 0 Å². The standard InChI is InChI=1S/C20H18ClNO4/c1-13(2)26-22(18(23)14-8-5-9-17(21)10-14)20(19(24)25)11-15-6-3-4-7-16(15)12-20/h3-10H,1,11-12H2,2H3,(H,24,25). The van der Waals surface area contributed by atoms with Crippen LogP contribution in [0, 0.1) is 0 Å². The first-order valence-electron chi connectivity index (χ1n) is 8.07. The third-order valence-corrected chi connectivity index (χ3v) is 4.61. The minimum absolute atomic E-state index is 0.151. The van der Waals surface area contributed by atoms with Gasteiger partial charge in [0, 0.05) is 23.4 Å². The third kappa shape index (κ3) is 3.18. The lowest BCUT2D eigenvalue weighted by atomic mass is 9.94. The molecular formula is C20H18ClNO4. The van der Waals surface area contributed by atoms with E-state index < -0.39 is 17.4 Å². The van der Waals surface area contributed by atoms with E-state index in [0.29, 0.717) is 5.02 Å². The van der Waals surface area contributed by atoms with Crippen molar-refractivity contribution in [1.29, 1.82) is 0 Å². The molecule has 0 fully saturated rings. The molecule has 2 aromatic carbocycles. The van der Waals surface area contributed by atoms with Crippen molar-refractivity contribution in [3.8, 4) is 0 Å². The summed E-state index contributed by atoms with van der Waals surface area (Å²) in [5, 5.41) is 11.4. The number of amides is 1. The highest BCUT2D eigenvalue weighted by molar-refractivity contribution is 6.31. The number of hydrogen-bond donors (Lipinski definition) is 1. The molecule has 0 saturated heterocycles. The van der Waals surface area contributed by atoms with Gasteiger partial charge in [-0.3, -0.25) is 4.79 Å². The normalized spacial score (nSPS) is 14.4. The smallest absolute Gasteiger partial charge is 0.334 e. The summed E-state index contributed by atoms with van der Waals surface area (Å²) in [7, 11) is 0. The van der Waals surface area contributed by atoms with Gasteiger partial charge in [-0.25, -0.2) is 4.79 Å². The summed E-state index contributed by atoms with van der Waals surface area (Å²) in [5.41, 5.74) is 0.450. The van der Waals surface area contributed by atoms with Crippen LogP contribution in [0.25, 0.3) is 0 Å². The first-order chi connectivity index (χ1) is 12.3. The van der Waals surface area contributed by atoms with Crippen molar-refractivity contribution in [2.45, 2.75) is 25.3 Å². The number of halogens is 1. The monoisotopic (exact) mass is 371 g/mol. The van der Waals surface area contributed by atoms with E-state index in [1.54, 1.807) is 25.1 Å². The second kappa shape index (κ2) is 6.84. The molecule has 0 unspecified atom stereocenters. The molecule has 1 aliphatic rings. The van der Waals surface area contributed by atoms with Crippen LogP contribution in [-0.4, -0.2) is 27.6 Å². The van der Waals surface area contributed by atoms with Crippen LogP contribution >= 0.6 is 11.6 Å². The molecule has 2 aromatic rings. The van der Waals surface area contributed by atoms with Gasteiger partial charge in [-0.2, -0.15) is 5.06 Å². The van der Waals surface area contributed by atoms with Crippen LogP contribution in [-0.2, 0) is 22.5 Å². The van der Waals surface area contributed by atoms with Crippen molar-refractivity contribution >= 4 is 23.5 Å². The topological polar surface area (TPSA) is 66.8 Å². The van der Waals surface area contributed by atoms with E-state index in [9.17, 15) is 14.7 Å². The number of fused-ring (bicyclic) bond motifs is 1. The fraction of sp³-hybridized carbons (Fsp3) is 0.200. The zero-order chi connectivity index (χ0) is 18.9. The Hall–Kier alpha value is -2.79. The highest BCUT2D eigenvalue weighted by Crippen LogP contribution is 2.37. The molecule has 26 heavy (non-hydrogen) atoms. The number of allylic oxidation sites excluding steroid dienone is 1. The molecule has 6 heteroatoms. The van der Waals surface area contributed by atoms with Crippen molar-refractivity contribution in [1.82, 2.24) is 5.06 Å². The highest BCUT2D eigenvalue weighted by atomic mass is 35.5. The number of carboxylic acids is 1. The Morgan fingerprint density at radius 2 is 1.77 bits per heavy atom. The van der Waals surface area contributed by atoms with Crippen molar-refractivity contribution in [2.75, 3.05) is 0 Å². The molecule has 134 valence electrons. The van der Waals surface area contributed by atoms with Gasteiger partial charge in [0.2, 0.25) is 0 Å². The van der Waals surface area contributed by atoms with Crippen molar-refractivity contribution < 1.29 is 19.5 Å². The molecule has 1 N–H and O–H groups in total. The molecule has 0 saturated carbocycles. The maximum atomic E-state index is 13.1. The zero-order valence-corrected chi connectivity index (χ0v) is 15.0. The molecule has 0 heterocycles. The maximum absolute atomic E-state index is 13.1. The molecule has 3 rings (SSSR count). The zero-order valence-electron chi connectivity index (χ0n) is 14.2. The Morgan fingerprint density at radius 1 is 1.15 bits per heavy atom. The molecule has 0 bridgehead atoms. The van der Waals surface area contributed by atoms with E-state index in [-0.39, 0.29) is 24.2 Å². The van der Waals surface area contributed by atoms with Gasteiger partial charge in [-0.15, -0.1) is 0 Å². The van der Waals surface area contributed by atoms with E-state index in [0.717, 1.165) is 16.2 Å². The second-order valence-corrected chi connectivity index (χ2v) is 6.80. The van der Waals surface area contributed by atoms with Gasteiger partial charge in [0.05, 0.1) is 0 Å². The van der Waals surface area contributed by atoms with Crippen LogP contribution in [0.15, 0.2) is 60.9 Å². The Labute approximate surface area is 156 Å². The third-order valence-electron chi connectivity index (χ3n) is 4.37. The summed E-state index contributed by atoms with van der Waals surface area (Å²) in [6.07, 6.45) is 0.302. The van der Waals surface area contributed by atoms with E-state index in [4.69, 9.17) is 16.4 Å². The average molecular weight is 372 g/mol. The van der Waals surface area contributed by atoms with Gasteiger partial charge in [-0.1, -0.05) is 48.5 Å². The lowest BCUT2D eigenvalue weighted by Gasteiger charge is -2.36. The second-order valence-electron chi connectivity index (χ2n) is 6.36. The molecule has 0 aliphatic heterocycles. The largest absolute Gasteiger partial charge is 0.479 e. The molecule has 0 aromatic heterocycles. The minimum Gasteiger partial charge on any atom is -0.479 e. The number of hydroxylamine groups is 2. The molecule has 0 spiro atoms. The quantitative estimate of drug-likeness (QED) is 0.640. The molecule has 0 atom stereocenters. The number of benzene rings is 2. The van der Waals surface area contributed by atoms with E-state index in [1.165, 1.54) is 6.07 Å². The van der Waals surface area contributed by atoms with Gasteiger partial charge < -0.3 is 9.94 Å². The molecule has 5 nitrogen and oxygen atoms in total. The van der Waals surface area contributed by atoms with E-state index in [2.05, 4.69) is 6.58 Å². The molecule has 0 radical (unpaired) electrons. The lowest BCUT2D eigenvalue weighted by Crippen LogP contribution is -2.57. The SMILES string of the molecule is C=C(C)ON(C(=O)c1cccc(Cl)c1)C1(C(=O)O)Cc2ccccc2C1. The van der Waals surface area contributed by atoms with Gasteiger partial charge in [0.1, 0.15) is 5.76 Å². The first-order valence-corrected chi connectivity index (χ1v) is 8.45. The fourth-order valence-electron chi connectivity index (χ4n) is 3.19. The molecular weight excluding hydrogens is 354 g/mol.